The Morgan fingerprint density at radius 3 is 2.51 bits per heavy atom. The van der Waals surface area contributed by atoms with Crippen molar-refractivity contribution in [2.24, 2.45) is 34.0 Å². The first-order chi connectivity index (χ1) is 18.2. The first kappa shape index (κ1) is 26.5. The molecule has 212 valence electrons. The molecular weight excluding hydrogens is 508 g/mol. The van der Waals surface area contributed by atoms with E-state index in [1.807, 2.05) is 27.7 Å². The van der Waals surface area contributed by atoms with Crippen molar-refractivity contribution in [3.8, 4) is 0 Å². The standard InChI is InChI=1S/C29H36O10/c1-14(30)37-19(24(33)35-6)20-25(2,3)23-16-11-28(39-23)17(27(20,5)21(16)32)7-9-26(4)22(15-8-10-36-13-15)38-18(31)12-29(26,28)34/h8,10,13,16-17,19-20,22-23,34H,7,9,11-12H2,1-6H3/t16-,17-,19-,20+,22+,23-,26+,27-,28+,29+/m1/s1. The number of aliphatic hydroxyl groups is 1. The van der Waals surface area contributed by atoms with Gasteiger partial charge in [-0.3, -0.25) is 14.4 Å². The molecular formula is C29H36O10. The molecule has 3 saturated carbocycles. The van der Waals surface area contributed by atoms with Gasteiger partial charge in [0.1, 0.15) is 23.1 Å². The molecule has 10 nitrogen and oxygen atoms in total. The molecule has 2 aliphatic heterocycles. The number of methoxy groups -OCH3 is 1. The molecule has 6 rings (SSSR count). The van der Waals surface area contributed by atoms with E-state index in [0.29, 0.717) is 18.4 Å². The highest BCUT2D eigenvalue weighted by atomic mass is 16.6. The summed E-state index contributed by atoms with van der Waals surface area (Å²) >= 11 is 0. The Kier molecular flexibility index (Phi) is 5.39. The zero-order valence-electron chi connectivity index (χ0n) is 23.1. The van der Waals surface area contributed by atoms with Gasteiger partial charge in [0.05, 0.1) is 32.2 Å². The molecule has 1 aromatic rings. The van der Waals surface area contributed by atoms with Crippen molar-refractivity contribution in [2.75, 3.05) is 7.11 Å². The van der Waals surface area contributed by atoms with E-state index in [9.17, 15) is 24.3 Å². The molecule has 0 amide bonds. The molecule has 39 heavy (non-hydrogen) atoms. The number of carbonyl (C=O) groups is 4. The molecule has 10 atom stereocenters. The van der Waals surface area contributed by atoms with Crippen molar-refractivity contribution < 1.29 is 47.6 Å². The molecule has 3 heterocycles. The number of furan rings is 1. The van der Waals surface area contributed by atoms with E-state index in [1.54, 1.807) is 6.07 Å². The van der Waals surface area contributed by atoms with Crippen LogP contribution in [0.4, 0.5) is 0 Å². The van der Waals surface area contributed by atoms with Crippen LogP contribution in [-0.4, -0.2) is 59.3 Å². The van der Waals surface area contributed by atoms with Gasteiger partial charge in [0.25, 0.3) is 0 Å². The number of hydrogen-bond acceptors (Lipinski definition) is 10. The van der Waals surface area contributed by atoms with Crippen LogP contribution in [0, 0.1) is 34.0 Å². The summed E-state index contributed by atoms with van der Waals surface area (Å²) in [6, 6.07) is 1.73. The maximum Gasteiger partial charge on any atom is 0.347 e. The highest BCUT2D eigenvalue weighted by molar-refractivity contribution is 5.93. The van der Waals surface area contributed by atoms with Gasteiger partial charge >= 0.3 is 17.9 Å². The van der Waals surface area contributed by atoms with Gasteiger partial charge in [-0.15, -0.1) is 0 Å². The number of fused-ring (bicyclic) bond motifs is 3. The summed E-state index contributed by atoms with van der Waals surface area (Å²) in [6.45, 7) is 8.79. The highest BCUT2D eigenvalue weighted by Crippen LogP contribution is 2.77. The van der Waals surface area contributed by atoms with Gasteiger partial charge in [0, 0.05) is 41.1 Å². The summed E-state index contributed by atoms with van der Waals surface area (Å²) in [5.41, 5.74) is -5.27. The molecule has 0 radical (unpaired) electrons. The molecule has 1 N–H and O–H groups in total. The van der Waals surface area contributed by atoms with Gasteiger partial charge in [-0.05, 0) is 30.7 Å². The fraction of sp³-hybridized carbons (Fsp3) is 0.724. The number of esters is 3. The summed E-state index contributed by atoms with van der Waals surface area (Å²) in [6.07, 6.45) is 1.11. The fourth-order valence-electron chi connectivity index (χ4n) is 9.84. The molecule has 1 aromatic heterocycles. The molecule has 0 aromatic carbocycles. The van der Waals surface area contributed by atoms with Crippen LogP contribution in [0.15, 0.2) is 23.0 Å². The van der Waals surface area contributed by atoms with Crippen molar-refractivity contribution in [1.29, 1.82) is 0 Å². The lowest BCUT2D eigenvalue weighted by Gasteiger charge is -2.68. The summed E-state index contributed by atoms with van der Waals surface area (Å²) < 4.78 is 28.8. The Bertz CT molecular complexity index is 1250. The summed E-state index contributed by atoms with van der Waals surface area (Å²) in [7, 11) is 1.22. The third kappa shape index (κ3) is 2.94. The third-order valence-corrected chi connectivity index (χ3v) is 11.3. The van der Waals surface area contributed by atoms with E-state index in [1.165, 1.54) is 26.6 Å². The molecule has 10 heteroatoms. The Morgan fingerprint density at radius 2 is 1.90 bits per heavy atom. The van der Waals surface area contributed by atoms with Crippen LogP contribution in [-0.2, 0) is 38.1 Å². The predicted molar refractivity (Wildman–Crippen MR) is 132 cm³/mol. The number of rotatable bonds is 4. The zero-order chi connectivity index (χ0) is 28.3. The van der Waals surface area contributed by atoms with Crippen molar-refractivity contribution in [1.82, 2.24) is 0 Å². The van der Waals surface area contributed by atoms with Crippen molar-refractivity contribution in [3.05, 3.63) is 24.2 Å². The van der Waals surface area contributed by atoms with Gasteiger partial charge < -0.3 is 28.5 Å². The van der Waals surface area contributed by atoms with Crippen LogP contribution in [0.25, 0.3) is 0 Å². The predicted octanol–water partition coefficient (Wildman–Crippen LogP) is 2.91. The van der Waals surface area contributed by atoms with E-state index in [4.69, 9.17) is 23.4 Å². The smallest absolute Gasteiger partial charge is 0.347 e. The summed E-state index contributed by atoms with van der Waals surface area (Å²) in [5.74, 6) is -3.91. The van der Waals surface area contributed by atoms with E-state index >= 15 is 0 Å². The van der Waals surface area contributed by atoms with Crippen LogP contribution >= 0.6 is 0 Å². The number of ether oxygens (including phenoxy) is 4. The summed E-state index contributed by atoms with van der Waals surface area (Å²) in [5, 5.41) is 12.9. The SMILES string of the molecule is COC(=O)[C@H](OC(C)=O)[C@H]1C(C)(C)[C@@H]2O[C@@]34C[C@@H]2C(=O)[C@]1(C)[C@H]3CC[C@@]1(C)[C@H](c2ccoc2)OC(=O)C[C@]14O. The highest BCUT2D eigenvalue weighted by Gasteiger charge is 2.85. The van der Waals surface area contributed by atoms with Crippen molar-refractivity contribution in [3.63, 3.8) is 0 Å². The second kappa shape index (κ2) is 7.94. The quantitative estimate of drug-likeness (QED) is 0.445. The molecule has 3 aliphatic carbocycles. The van der Waals surface area contributed by atoms with Crippen LogP contribution < -0.4 is 0 Å². The van der Waals surface area contributed by atoms with Crippen LogP contribution in [0.3, 0.4) is 0 Å². The average molecular weight is 545 g/mol. The van der Waals surface area contributed by atoms with Crippen molar-refractivity contribution in [2.45, 2.75) is 89.8 Å². The minimum atomic E-state index is -1.68. The molecule has 1 spiro atoms. The van der Waals surface area contributed by atoms with E-state index in [-0.39, 0.29) is 18.6 Å². The maximum atomic E-state index is 14.3. The second-order valence-corrected chi connectivity index (χ2v) is 13.2. The minimum Gasteiger partial charge on any atom is -0.472 e. The maximum absolute atomic E-state index is 14.3. The van der Waals surface area contributed by atoms with Crippen molar-refractivity contribution >= 4 is 23.7 Å². The van der Waals surface area contributed by atoms with Crippen LogP contribution in [0.2, 0.25) is 0 Å². The molecule has 2 saturated heterocycles. The number of cyclic esters (lactones) is 1. The van der Waals surface area contributed by atoms with Gasteiger partial charge in [-0.2, -0.15) is 0 Å². The second-order valence-electron chi connectivity index (χ2n) is 13.2. The lowest BCUT2D eigenvalue weighted by molar-refractivity contribution is -0.317. The normalized spacial score (nSPS) is 46.1. The van der Waals surface area contributed by atoms with Gasteiger partial charge in [0.2, 0.25) is 6.10 Å². The lowest BCUT2D eigenvalue weighted by Crippen LogP contribution is -2.77. The monoisotopic (exact) mass is 544 g/mol. The number of ketones is 1. The number of carbonyl (C=O) groups excluding carboxylic acids is 4. The fourth-order valence-corrected chi connectivity index (χ4v) is 9.84. The topological polar surface area (TPSA) is 139 Å². The van der Waals surface area contributed by atoms with Crippen LogP contribution in [0.1, 0.15) is 72.0 Å². The largest absolute Gasteiger partial charge is 0.472 e. The molecule has 5 fully saturated rings. The average Bonchev–Trinajstić information content (AvgIpc) is 3.50. The Labute approximate surface area is 226 Å². The third-order valence-electron chi connectivity index (χ3n) is 11.3. The van der Waals surface area contributed by atoms with E-state index in [2.05, 4.69) is 0 Å². The minimum absolute atomic E-state index is 0.0621. The van der Waals surface area contributed by atoms with E-state index in [0.717, 1.165) is 0 Å². The molecule has 0 unspecified atom stereocenters. The Hall–Kier alpha value is -2.72. The number of Topliss-reactive ketones (excluding diaryl/α,β-unsaturated/α-hetero) is 1. The van der Waals surface area contributed by atoms with Gasteiger partial charge in [0.15, 0.2) is 0 Å². The lowest BCUT2D eigenvalue weighted by atomic mass is 9.36. The molecule has 3 bridgehead atoms. The Morgan fingerprint density at radius 1 is 1.18 bits per heavy atom. The van der Waals surface area contributed by atoms with Gasteiger partial charge in [-0.25, -0.2) is 4.79 Å². The first-order valence-electron chi connectivity index (χ1n) is 13.6. The summed E-state index contributed by atoms with van der Waals surface area (Å²) in [4.78, 5) is 52.7. The zero-order valence-corrected chi connectivity index (χ0v) is 23.1. The van der Waals surface area contributed by atoms with Gasteiger partial charge in [-0.1, -0.05) is 27.7 Å². The van der Waals surface area contributed by atoms with E-state index < -0.39 is 81.4 Å². The first-order valence-corrected chi connectivity index (χ1v) is 13.6. The molecule has 5 aliphatic rings. The Balaban J connectivity index is 1.55. The number of hydrogen-bond donors (Lipinski definition) is 1. The van der Waals surface area contributed by atoms with Crippen LogP contribution in [0.5, 0.6) is 0 Å².